The predicted molar refractivity (Wildman–Crippen MR) is 68.2 cm³/mol. The number of ether oxygens (including phenoxy) is 1. The number of thioether (sulfide) groups is 1. The van der Waals surface area contributed by atoms with E-state index in [-0.39, 0.29) is 12.5 Å². The van der Waals surface area contributed by atoms with Crippen molar-refractivity contribution in [1.29, 1.82) is 0 Å². The molecule has 1 aromatic rings. The Kier molecular flexibility index (Phi) is 3.88. The first-order valence-corrected chi connectivity index (χ1v) is 6.21. The van der Waals surface area contributed by atoms with Crippen LogP contribution in [-0.2, 0) is 9.59 Å². The third kappa shape index (κ3) is 3.27. The van der Waals surface area contributed by atoms with Crippen molar-refractivity contribution < 1.29 is 19.4 Å². The van der Waals surface area contributed by atoms with Crippen molar-refractivity contribution in [2.24, 2.45) is 0 Å². The van der Waals surface area contributed by atoms with Crippen molar-refractivity contribution in [1.82, 2.24) is 5.32 Å². The Morgan fingerprint density at radius 3 is 3.06 bits per heavy atom. The second kappa shape index (κ2) is 5.59. The topological polar surface area (TPSA) is 75.6 Å². The summed E-state index contributed by atoms with van der Waals surface area (Å²) < 4.78 is 5.06. The van der Waals surface area contributed by atoms with Crippen LogP contribution < -0.4 is 10.1 Å². The van der Waals surface area contributed by atoms with Gasteiger partial charge in [0, 0.05) is 0 Å². The Labute approximate surface area is 108 Å². The lowest BCUT2D eigenvalue weighted by Crippen LogP contribution is -2.13. The van der Waals surface area contributed by atoms with Crippen molar-refractivity contribution in [3.63, 3.8) is 0 Å². The fourth-order valence-electron chi connectivity index (χ4n) is 1.43. The zero-order valence-electron chi connectivity index (χ0n) is 9.38. The SMILES string of the molecule is O=C(O)COc1cccc(/C=C2\SCNC2=O)c1. The van der Waals surface area contributed by atoms with E-state index in [9.17, 15) is 9.59 Å². The van der Waals surface area contributed by atoms with E-state index in [1.54, 1.807) is 24.3 Å². The van der Waals surface area contributed by atoms with E-state index in [0.29, 0.717) is 16.5 Å². The molecule has 0 spiro atoms. The summed E-state index contributed by atoms with van der Waals surface area (Å²) in [4.78, 5) is 22.4. The first-order chi connectivity index (χ1) is 8.65. The molecule has 1 heterocycles. The van der Waals surface area contributed by atoms with E-state index < -0.39 is 5.97 Å². The van der Waals surface area contributed by atoms with E-state index in [0.717, 1.165) is 5.56 Å². The quantitative estimate of drug-likeness (QED) is 0.803. The van der Waals surface area contributed by atoms with Crippen LogP contribution in [0.15, 0.2) is 29.2 Å². The van der Waals surface area contributed by atoms with Crippen LogP contribution in [0.5, 0.6) is 5.75 Å². The number of carboxylic acid groups (broad SMARTS) is 1. The summed E-state index contributed by atoms with van der Waals surface area (Å²) in [5.41, 5.74) is 0.803. The van der Waals surface area contributed by atoms with Crippen LogP contribution >= 0.6 is 11.8 Å². The number of benzene rings is 1. The number of carboxylic acids is 1. The monoisotopic (exact) mass is 265 g/mol. The van der Waals surface area contributed by atoms with E-state index in [1.807, 2.05) is 6.07 Å². The molecule has 2 N–H and O–H groups in total. The third-order valence-electron chi connectivity index (χ3n) is 2.20. The first-order valence-electron chi connectivity index (χ1n) is 5.22. The van der Waals surface area contributed by atoms with Gasteiger partial charge in [0.2, 0.25) is 0 Å². The number of aliphatic carboxylic acids is 1. The minimum absolute atomic E-state index is 0.0862. The molecule has 0 aliphatic carbocycles. The molecule has 1 fully saturated rings. The highest BCUT2D eigenvalue weighted by Gasteiger charge is 2.16. The highest BCUT2D eigenvalue weighted by Crippen LogP contribution is 2.24. The number of hydrogen-bond acceptors (Lipinski definition) is 4. The fourth-order valence-corrected chi connectivity index (χ4v) is 2.21. The van der Waals surface area contributed by atoms with Crippen LogP contribution in [0.25, 0.3) is 6.08 Å². The molecule has 0 radical (unpaired) electrons. The van der Waals surface area contributed by atoms with Crippen molar-refractivity contribution in [2.75, 3.05) is 12.5 Å². The van der Waals surface area contributed by atoms with Crippen LogP contribution in [0.3, 0.4) is 0 Å². The number of amides is 1. The summed E-state index contributed by atoms with van der Waals surface area (Å²) in [7, 11) is 0. The lowest BCUT2D eigenvalue weighted by atomic mass is 10.2. The van der Waals surface area contributed by atoms with Gasteiger partial charge in [-0.1, -0.05) is 23.9 Å². The Hall–Kier alpha value is -1.95. The van der Waals surface area contributed by atoms with Crippen molar-refractivity contribution >= 4 is 29.7 Å². The molecule has 94 valence electrons. The molecule has 1 saturated heterocycles. The van der Waals surface area contributed by atoms with Crippen LogP contribution in [0, 0.1) is 0 Å². The van der Waals surface area contributed by atoms with Crippen LogP contribution in [0.2, 0.25) is 0 Å². The Morgan fingerprint density at radius 2 is 2.39 bits per heavy atom. The van der Waals surface area contributed by atoms with Gasteiger partial charge in [-0.15, -0.1) is 0 Å². The molecule has 1 aromatic carbocycles. The van der Waals surface area contributed by atoms with Gasteiger partial charge in [0.25, 0.3) is 5.91 Å². The first kappa shape index (κ1) is 12.5. The number of carbonyl (C=O) groups excluding carboxylic acids is 1. The largest absolute Gasteiger partial charge is 0.482 e. The Bertz CT molecular complexity index is 513. The minimum atomic E-state index is -1.02. The molecule has 6 heteroatoms. The molecule has 18 heavy (non-hydrogen) atoms. The van der Waals surface area contributed by atoms with Gasteiger partial charge in [-0.2, -0.15) is 0 Å². The average Bonchev–Trinajstić information content (AvgIpc) is 2.73. The lowest BCUT2D eigenvalue weighted by molar-refractivity contribution is -0.139. The molecule has 0 atom stereocenters. The van der Waals surface area contributed by atoms with Crippen molar-refractivity contribution in [3.8, 4) is 5.75 Å². The van der Waals surface area contributed by atoms with E-state index >= 15 is 0 Å². The van der Waals surface area contributed by atoms with Crippen LogP contribution in [0.4, 0.5) is 0 Å². The standard InChI is InChI=1S/C12H11NO4S/c14-11(15)6-17-9-3-1-2-8(4-9)5-10-12(16)13-7-18-10/h1-5H,6-7H2,(H,13,16)(H,14,15)/b10-5-. The second-order valence-electron chi connectivity index (χ2n) is 3.56. The second-order valence-corrected chi connectivity index (χ2v) is 4.58. The molecule has 1 amide bonds. The Balaban J connectivity index is 2.12. The predicted octanol–water partition coefficient (Wildman–Crippen LogP) is 1.31. The van der Waals surface area contributed by atoms with Crippen LogP contribution in [-0.4, -0.2) is 29.5 Å². The molecule has 0 saturated carbocycles. The maximum absolute atomic E-state index is 11.4. The molecule has 0 bridgehead atoms. The summed E-state index contributed by atoms with van der Waals surface area (Å²) >= 11 is 1.43. The summed E-state index contributed by atoms with van der Waals surface area (Å²) in [5, 5.41) is 11.2. The van der Waals surface area contributed by atoms with Gasteiger partial charge < -0.3 is 15.2 Å². The van der Waals surface area contributed by atoms with Gasteiger partial charge >= 0.3 is 5.97 Å². The van der Waals surface area contributed by atoms with Gasteiger partial charge in [0.15, 0.2) is 6.61 Å². The zero-order valence-corrected chi connectivity index (χ0v) is 10.2. The highest BCUT2D eigenvalue weighted by atomic mass is 32.2. The molecule has 0 aromatic heterocycles. The summed E-state index contributed by atoms with van der Waals surface area (Å²) in [6.45, 7) is -0.380. The van der Waals surface area contributed by atoms with Crippen LogP contribution in [0.1, 0.15) is 5.56 Å². The molecular formula is C12H11NO4S. The van der Waals surface area contributed by atoms with Gasteiger partial charge in [0.05, 0.1) is 10.8 Å². The van der Waals surface area contributed by atoms with Gasteiger partial charge in [-0.05, 0) is 23.8 Å². The third-order valence-corrected chi connectivity index (χ3v) is 3.11. The van der Waals surface area contributed by atoms with Gasteiger partial charge in [0.1, 0.15) is 5.75 Å². The smallest absolute Gasteiger partial charge is 0.341 e. The van der Waals surface area contributed by atoms with Crippen molar-refractivity contribution in [3.05, 3.63) is 34.7 Å². The molecule has 2 rings (SSSR count). The van der Waals surface area contributed by atoms with E-state index in [2.05, 4.69) is 5.32 Å². The lowest BCUT2D eigenvalue weighted by Gasteiger charge is -2.03. The average molecular weight is 265 g/mol. The summed E-state index contributed by atoms with van der Waals surface area (Å²) in [6.07, 6.45) is 1.75. The molecule has 5 nitrogen and oxygen atoms in total. The summed E-state index contributed by atoms with van der Waals surface area (Å²) in [6, 6.07) is 6.95. The minimum Gasteiger partial charge on any atom is -0.482 e. The number of rotatable bonds is 4. The van der Waals surface area contributed by atoms with E-state index in [1.165, 1.54) is 11.8 Å². The van der Waals surface area contributed by atoms with Gasteiger partial charge in [-0.3, -0.25) is 4.79 Å². The fraction of sp³-hybridized carbons (Fsp3) is 0.167. The maximum atomic E-state index is 11.4. The molecule has 0 unspecified atom stereocenters. The molecule has 1 aliphatic rings. The Morgan fingerprint density at radius 1 is 1.56 bits per heavy atom. The number of hydrogen-bond donors (Lipinski definition) is 2. The molecular weight excluding hydrogens is 254 g/mol. The highest BCUT2D eigenvalue weighted by molar-refractivity contribution is 8.04. The van der Waals surface area contributed by atoms with E-state index in [4.69, 9.17) is 9.84 Å². The maximum Gasteiger partial charge on any atom is 0.341 e. The van der Waals surface area contributed by atoms with Gasteiger partial charge in [-0.25, -0.2) is 4.79 Å². The van der Waals surface area contributed by atoms with Crippen molar-refractivity contribution in [2.45, 2.75) is 0 Å². The number of carbonyl (C=O) groups is 2. The zero-order chi connectivity index (χ0) is 13.0. The normalized spacial score (nSPS) is 16.7. The summed E-state index contributed by atoms with van der Waals surface area (Å²) in [5.74, 6) is -0.0589. The molecule has 1 aliphatic heterocycles. The number of nitrogens with one attached hydrogen (secondary N) is 1.